The molecule has 0 amide bonds. The van der Waals surface area contributed by atoms with E-state index in [-0.39, 0.29) is 0 Å². The summed E-state index contributed by atoms with van der Waals surface area (Å²) >= 11 is 1.88. The molecule has 0 aliphatic heterocycles. The van der Waals surface area contributed by atoms with Gasteiger partial charge >= 0.3 is 0 Å². The van der Waals surface area contributed by atoms with Crippen molar-refractivity contribution < 1.29 is 0 Å². The Morgan fingerprint density at radius 2 is 1.72 bits per heavy atom. The molecule has 18 heavy (non-hydrogen) atoms. The van der Waals surface area contributed by atoms with Gasteiger partial charge < -0.3 is 5.73 Å². The van der Waals surface area contributed by atoms with Crippen LogP contribution in [-0.4, -0.2) is 11.8 Å². The third-order valence-corrected chi connectivity index (χ3v) is 4.36. The first-order valence-electron chi connectivity index (χ1n) is 7.17. The zero-order valence-corrected chi connectivity index (χ0v) is 12.6. The summed E-state index contributed by atoms with van der Waals surface area (Å²) < 4.78 is 0. The summed E-state index contributed by atoms with van der Waals surface area (Å²) in [6, 6.07) is 9.05. The molecule has 0 saturated heterocycles. The van der Waals surface area contributed by atoms with Crippen molar-refractivity contribution in [2.24, 2.45) is 5.73 Å². The van der Waals surface area contributed by atoms with Crippen LogP contribution in [0.25, 0.3) is 0 Å². The van der Waals surface area contributed by atoms with Crippen molar-refractivity contribution in [1.29, 1.82) is 0 Å². The molecule has 1 nitrogen and oxygen atoms in total. The summed E-state index contributed by atoms with van der Waals surface area (Å²) in [6.45, 7) is 4.38. The maximum Gasteiger partial charge on any atom is 0.0133 e. The highest BCUT2D eigenvalue weighted by atomic mass is 32.2. The molecular weight excluding hydrogens is 238 g/mol. The largest absolute Gasteiger partial charge is 0.327 e. The Balaban J connectivity index is 2.09. The molecule has 0 aliphatic carbocycles. The first kappa shape index (κ1) is 15.6. The maximum atomic E-state index is 6.15. The van der Waals surface area contributed by atoms with Gasteiger partial charge in [0.2, 0.25) is 0 Å². The molecule has 102 valence electrons. The summed E-state index contributed by atoms with van der Waals surface area (Å²) in [5, 5.41) is 0. The number of aryl methyl sites for hydroxylation is 1. The van der Waals surface area contributed by atoms with E-state index >= 15 is 0 Å². The van der Waals surface area contributed by atoms with Crippen LogP contribution in [0, 0.1) is 6.92 Å². The number of thioether (sulfide) groups is 1. The molecule has 0 radical (unpaired) electrons. The minimum Gasteiger partial charge on any atom is -0.327 e. The zero-order valence-electron chi connectivity index (χ0n) is 11.8. The molecule has 1 unspecified atom stereocenters. The number of hydrogen-bond acceptors (Lipinski definition) is 2. The highest BCUT2D eigenvalue weighted by Crippen LogP contribution is 2.20. The Morgan fingerprint density at radius 3 is 2.39 bits per heavy atom. The Bertz CT molecular complexity index is 307. The van der Waals surface area contributed by atoms with Crippen LogP contribution in [0.5, 0.6) is 0 Å². The number of benzene rings is 1. The number of rotatable bonds is 9. The van der Waals surface area contributed by atoms with E-state index in [1.54, 1.807) is 0 Å². The van der Waals surface area contributed by atoms with Crippen LogP contribution in [-0.2, 0) is 0 Å². The monoisotopic (exact) mass is 265 g/mol. The van der Waals surface area contributed by atoms with Crippen molar-refractivity contribution in [2.75, 3.05) is 5.75 Å². The lowest BCUT2D eigenvalue weighted by Crippen LogP contribution is -2.22. The van der Waals surface area contributed by atoms with Crippen LogP contribution < -0.4 is 5.73 Å². The fraction of sp³-hybridized carbons (Fsp3) is 0.625. The standard InChI is InChI=1S/C16H27NS/c1-3-4-5-6-7-8-15(17)13-18-16-11-9-14(2)10-12-16/h9-12,15H,3-8,13,17H2,1-2H3. The van der Waals surface area contributed by atoms with Gasteiger partial charge in [-0.1, -0.05) is 56.7 Å². The summed E-state index contributed by atoms with van der Waals surface area (Å²) in [6.07, 6.45) is 7.85. The quantitative estimate of drug-likeness (QED) is 0.514. The highest BCUT2D eigenvalue weighted by Gasteiger charge is 2.03. The molecule has 0 bridgehead atoms. The second-order valence-electron chi connectivity index (χ2n) is 5.09. The van der Waals surface area contributed by atoms with E-state index in [1.165, 1.54) is 49.0 Å². The lowest BCUT2D eigenvalue weighted by atomic mass is 10.1. The fourth-order valence-electron chi connectivity index (χ4n) is 1.93. The highest BCUT2D eigenvalue weighted by molar-refractivity contribution is 7.99. The van der Waals surface area contributed by atoms with Crippen LogP contribution in [0.2, 0.25) is 0 Å². The third-order valence-electron chi connectivity index (χ3n) is 3.16. The molecule has 1 rings (SSSR count). The predicted octanol–water partition coefficient (Wildman–Crippen LogP) is 4.77. The SMILES string of the molecule is CCCCCCCC(N)CSc1ccc(C)cc1. The molecule has 0 spiro atoms. The van der Waals surface area contributed by atoms with Gasteiger partial charge in [0.1, 0.15) is 0 Å². The number of unbranched alkanes of at least 4 members (excludes halogenated alkanes) is 4. The van der Waals surface area contributed by atoms with Gasteiger partial charge in [-0.25, -0.2) is 0 Å². The summed E-state index contributed by atoms with van der Waals surface area (Å²) in [7, 11) is 0. The molecule has 2 N–H and O–H groups in total. The fourth-order valence-corrected chi connectivity index (χ4v) is 2.83. The average Bonchev–Trinajstić information content (AvgIpc) is 2.38. The van der Waals surface area contributed by atoms with E-state index in [1.807, 2.05) is 11.8 Å². The van der Waals surface area contributed by atoms with Crippen molar-refractivity contribution in [2.45, 2.75) is 63.3 Å². The summed E-state index contributed by atoms with van der Waals surface area (Å²) in [4.78, 5) is 1.34. The lowest BCUT2D eigenvalue weighted by Gasteiger charge is -2.11. The predicted molar refractivity (Wildman–Crippen MR) is 83.3 cm³/mol. The van der Waals surface area contributed by atoms with E-state index in [9.17, 15) is 0 Å². The minimum atomic E-state index is 0.345. The Morgan fingerprint density at radius 1 is 1.06 bits per heavy atom. The molecule has 0 aliphatic rings. The molecule has 0 heterocycles. The normalized spacial score (nSPS) is 12.6. The van der Waals surface area contributed by atoms with Crippen LogP contribution in [0.3, 0.4) is 0 Å². The zero-order chi connectivity index (χ0) is 13.2. The molecule has 1 aromatic carbocycles. The molecule has 0 saturated carbocycles. The second-order valence-corrected chi connectivity index (χ2v) is 6.18. The van der Waals surface area contributed by atoms with Crippen LogP contribution in [0.1, 0.15) is 51.0 Å². The van der Waals surface area contributed by atoms with Gasteiger partial charge in [0.05, 0.1) is 0 Å². The smallest absolute Gasteiger partial charge is 0.0133 e. The van der Waals surface area contributed by atoms with Gasteiger partial charge in [-0.3, -0.25) is 0 Å². The van der Waals surface area contributed by atoms with Gasteiger partial charge in [0.25, 0.3) is 0 Å². The lowest BCUT2D eigenvalue weighted by molar-refractivity contribution is 0.567. The van der Waals surface area contributed by atoms with E-state index in [2.05, 4.69) is 38.1 Å². The number of nitrogens with two attached hydrogens (primary N) is 1. The first-order valence-corrected chi connectivity index (χ1v) is 8.16. The van der Waals surface area contributed by atoms with E-state index in [4.69, 9.17) is 5.73 Å². The van der Waals surface area contributed by atoms with Gasteiger partial charge in [0.15, 0.2) is 0 Å². The van der Waals surface area contributed by atoms with Gasteiger partial charge in [0, 0.05) is 16.7 Å². The van der Waals surface area contributed by atoms with E-state index in [0.29, 0.717) is 6.04 Å². The average molecular weight is 265 g/mol. The van der Waals surface area contributed by atoms with Crippen LogP contribution in [0.15, 0.2) is 29.2 Å². The Labute approximate surface area is 117 Å². The minimum absolute atomic E-state index is 0.345. The van der Waals surface area contributed by atoms with E-state index < -0.39 is 0 Å². The van der Waals surface area contributed by atoms with Crippen molar-refractivity contribution in [3.63, 3.8) is 0 Å². The van der Waals surface area contributed by atoms with E-state index in [0.717, 1.165) is 5.75 Å². The van der Waals surface area contributed by atoms with Crippen molar-refractivity contribution in [3.8, 4) is 0 Å². The van der Waals surface area contributed by atoms with Crippen molar-refractivity contribution in [1.82, 2.24) is 0 Å². The maximum absolute atomic E-state index is 6.15. The van der Waals surface area contributed by atoms with Gasteiger partial charge in [-0.05, 0) is 25.5 Å². The Hall–Kier alpha value is -0.470. The van der Waals surface area contributed by atoms with Crippen molar-refractivity contribution in [3.05, 3.63) is 29.8 Å². The molecule has 0 aromatic heterocycles. The van der Waals surface area contributed by atoms with Gasteiger partial charge in [-0.2, -0.15) is 0 Å². The molecular formula is C16H27NS. The molecule has 1 atom stereocenters. The van der Waals surface area contributed by atoms with Crippen molar-refractivity contribution >= 4 is 11.8 Å². The summed E-state index contributed by atoms with van der Waals surface area (Å²) in [5.41, 5.74) is 7.46. The second kappa shape index (κ2) is 9.46. The van der Waals surface area contributed by atoms with Gasteiger partial charge in [-0.15, -0.1) is 11.8 Å². The molecule has 2 heteroatoms. The van der Waals surface area contributed by atoms with Crippen LogP contribution in [0.4, 0.5) is 0 Å². The topological polar surface area (TPSA) is 26.0 Å². The number of hydrogen-bond donors (Lipinski definition) is 1. The first-order chi connectivity index (χ1) is 8.72. The third kappa shape index (κ3) is 7.07. The summed E-state index contributed by atoms with van der Waals surface area (Å²) in [5.74, 6) is 1.04. The molecule has 0 fully saturated rings. The molecule has 1 aromatic rings. The van der Waals surface area contributed by atoms with Crippen LogP contribution >= 0.6 is 11.8 Å². The Kier molecular flexibility index (Phi) is 8.19.